The fourth-order valence-corrected chi connectivity index (χ4v) is 7.07. The lowest BCUT2D eigenvalue weighted by Gasteiger charge is -2.17. The second-order valence-corrected chi connectivity index (χ2v) is 16.1. The van der Waals surface area contributed by atoms with Crippen LogP contribution in [0.3, 0.4) is 0 Å². The number of phenols is 2. The number of hydrogen-bond donors (Lipinski definition) is 8. The number of alkyl halides is 4. The molecular weight excluding hydrogens is 847 g/mol. The summed E-state index contributed by atoms with van der Waals surface area (Å²) in [5.74, 6) is -5.82. The number of rotatable bonds is 29. The van der Waals surface area contributed by atoms with E-state index in [0.717, 1.165) is 38.5 Å². The van der Waals surface area contributed by atoms with Gasteiger partial charge in [-0.2, -0.15) is 8.78 Å². The summed E-state index contributed by atoms with van der Waals surface area (Å²) in [4.78, 5) is 14.1. The molecule has 2 atom stereocenters. The second kappa shape index (κ2) is 28.2. The van der Waals surface area contributed by atoms with Crippen LogP contribution in [-0.4, -0.2) is 89.0 Å². The molecule has 4 aromatic carbocycles. The van der Waals surface area contributed by atoms with Gasteiger partial charge in [0.1, 0.15) is 18.1 Å². The fourth-order valence-electron chi connectivity index (χ4n) is 7.07. The Labute approximate surface area is 378 Å². The molecule has 65 heavy (non-hydrogen) atoms. The van der Waals surface area contributed by atoms with Gasteiger partial charge >= 0.3 is 0 Å². The zero-order valence-corrected chi connectivity index (χ0v) is 36.9. The molecule has 0 aliphatic carbocycles. The number of hydrogen-bond acceptors (Lipinski definition) is 10. The highest BCUT2D eigenvalue weighted by molar-refractivity contribution is 5.87. The molecule has 0 spiro atoms. The second-order valence-electron chi connectivity index (χ2n) is 16.1. The van der Waals surface area contributed by atoms with Crippen molar-refractivity contribution in [3.8, 4) is 11.5 Å². The SMILES string of the molecule is O=c1ccc2c([C@@H](O)CNCCCCCCOCC(F)(F)c3ccccc3)ccc(O)c2[nH]1.OCc1cc([C@@H](O)CNCCCC(F)(F)CCOCCCCc2ccccc2)ccc1O. The van der Waals surface area contributed by atoms with Gasteiger partial charge in [-0.05, 0) is 92.6 Å². The van der Waals surface area contributed by atoms with Crippen LogP contribution >= 0.6 is 0 Å². The van der Waals surface area contributed by atoms with Crippen LogP contribution in [-0.2, 0) is 28.4 Å². The highest BCUT2D eigenvalue weighted by Gasteiger charge is 2.31. The van der Waals surface area contributed by atoms with Crippen molar-refractivity contribution in [3.63, 3.8) is 0 Å². The molecule has 5 aromatic rings. The van der Waals surface area contributed by atoms with Crippen molar-refractivity contribution in [2.45, 2.75) is 94.9 Å². The zero-order valence-electron chi connectivity index (χ0n) is 36.9. The van der Waals surface area contributed by atoms with Crippen molar-refractivity contribution < 1.29 is 52.6 Å². The Morgan fingerprint density at radius 3 is 2.03 bits per heavy atom. The van der Waals surface area contributed by atoms with Gasteiger partial charge in [0.15, 0.2) is 0 Å². The van der Waals surface area contributed by atoms with Gasteiger partial charge in [-0.25, -0.2) is 8.78 Å². The van der Waals surface area contributed by atoms with E-state index in [1.54, 1.807) is 36.4 Å². The van der Waals surface area contributed by atoms with Crippen LogP contribution < -0.4 is 16.2 Å². The predicted molar refractivity (Wildman–Crippen MR) is 245 cm³/mol. The van der Waals surface area contributed by atoms with E-state index in [4.69, 9.17) is 14.6 Å². The number of aliphatic hydroxyl groups is 3. The molecule has 0 bridgehead atoms. The number of H-pyrrole nitrogens is 1. The minimum absolute atomic E-state index is 0.0326. The quantitative estimate of drug-likeness (QED) is 0.0171. The molecule has 8 N–H and O–H groups in total. The van der Waals surface area contributed by atoms with E-state index in [2.05, 4.69) is 27.8 Å². The number of benzene rings is 4. The summed E-state index contributed by atoms with van der Waals surface area (Å²) in [6, 6.07) is 28.4. The molecular formula is C50H65F4N3O8. The first kappa shape index (κ1) is 52.8. The molecule has 0 aliphatic rings. The van der Waals surface area contributed by atoms with Gasteiger partial charge in [0.2, 0.25) is 11.5 Å². The third-order valence-electron chi connectivity index (χ3n) is 10.8. The highest BCUT2D eigenvalue weighted by atomic mass is 19.3. The molecule has 5 rings (SSSR count). The summed E-state index contributed by atoms with van der Waals surface area (Å²) in [5, 5.41) is 56.1. The molecule has 0 unspecified atom stereocenters. The maximum atomic E-state index is 14.0. The van der Waals surface area contributed by atoms with Crippen molar-refractivity contribution in [1.29, 1.82) is 0 Å². The molecule has 0 saturated heterocycles. The molecule has 356 valence electrons. The van der Waals surface area contributed by atoms with Gasteiger partial charge in [0.05, 0.1) is 30.9 Å². The van der Waals surface area contributed by atoms with Crippen LogP contribution in [0.15, 0.2) is 108 Å². The normalized spacial score (nSPS) is 12.8. The van der Waals surface area contributed by atoms with E-state index in [-0.39, 0.29) is 61.6 Å². The number of aromatic amines is 1. The van der Waals surface area contributed by atoms with Crippen LogP contribution in [0.2, 0.25) is 0 Å². The predicted octanol–water partition coefficient (Wildman–Crippen LogP) is 8.58. The van der Waals surface area contributed by atoms with E-state index in [9.17, 15) is 42.8 Å². The summed E-state index contributed by atoms with van der Waals surface area (Å²) < 4.78 is 66.5. The van der Waals surface area contributed by atoms with Gasteiger partial charge in [0.25, 0.3) is 5.92 Å². The van der Waals surface area contributed by atoms with Gasteiger partial charge in [-0.1, -0.05) is 85.6 Å². The number of halogens is 4. The van der Waals surface area contributed by atoms with Crippen molar-refractivity contribution in [2.75, 3.05) is 52.6 Å². The number of phenolic OH excluding ortho intramolecular Hbond substituents is 1. The Kier molecular flexibility index (Phi) is 22.9. The summed E-state index contributed by atoms with van der Waals surface area (Å²) in [6.07, 6.45) is 4.31. The Bertz CT molecular complexity index is 2150. The molecule has 0 amide bonds. The Morgan fingerprint density at radius 2 is 1.29 bits per heavy atom. The largest absolute Gasteiger partial charge is 0.508 e. The summed E-state index contributed by atoms with van der Waals surface area (Å²) in [5.41, 5.74) is 2.73. The summed E-state index contributed by atoms with van der Waals surface area (Å²) >= 11 is 0. The number of pyridine rings is 1. The van der Waals surface area contributed by atoms with E-state index in [1.165, 1.54) is 42.0 Å². The lowest BCUT2D eigenvalue weighted by atomic mass is 10.0. The smallest absolute Gasteiger partial charge is 0.296 e. The van der Waals surface area contributed by atoms with Crippen LogP contribution in [0, 0.1) is 0 Å². The number of nitrogens with one attached hydrogen (secondary N) is 3. The maximum absolute atomic E-state index is 14.0. The van der Waals surface area contributed by atoms with Crippen LogP contribution in [0.1, 0.15) is 97.8 Å². The topological polar surface area (TPSA) is 177 Å². The summed E-state index contributed by atoms with van der Waals surface area (Å²) in [7, 11) is 0. The van der Waals surface area contributed by atoms with E-state index < -0.39 is 30.7 Å². The van der Waals surface area contributed by atoms with Gasteiger partial charge in [0, 0.05) is 61.7 Å². The molecule has 0 radical (unpaired) electrons. The van der Waals surface area contributed by atoms with E-state index >= 15 is 0 Å². The standard InChI is InChI=1S/C25H30F2N2O4.C25H35F2NO4/c26-25(27,18-8-4-3-5-9-18)17-33-15-7-2-1-6-14-28-16-22(31)19-10-12-21(30)24-20(19)11-13-23(32)29-24;26-25(27,13-16-32-15-5-4-9-20-7-2-1-3-8-20)12-6-14-28-18-24(31)21-10-11-23(30)22(17-21)19-29/h3-5,8-13,22,28,30-31H,1-2,6-7,14-17H2,(H,29,32);1-3,7-8,10-11,17,24,28-31H,4-6,9,12-16,18-19H2/t22-;24-/m00/s1. The van der Waals surface area contributed by atoms with Crippen molar-refractivity contribution in [1.82, 2.24) is 15.6 Å². The molecule has 11 nitrogen and oxygen atoms in total. The zero-order chi connectivity index (χ0) is 46.9. The van der Waals surface area contributed by atoms with Gasteiger partial charge in [-0.3, -0.25) is 4.79 Å². The minimum atomic E-state index is -2.98. The van der Waals surface area contributed by atoms with E-state index in [1.807, 2.05) is 18.2 Å². The maximum Gasteiger partial charge on any atom is 0.296 e. The molecule has 0 aliphatic heterocycles. The Morgan fingerprint density at radius 1 is 0.646 bits per heavy atom. The number of aliphatic hydroxyl groups excluding tert-OH is 3. The first-order valence-corrected chi connectivity index (χ1v) is 22.4. The van der Waals surface area contributed by atoms with Crippen LogP contribution in [0.5, 0.6) is 11.5 Å². The Hall–Kier alpha value is -4.87. The van der Waals surface area contributed by atoms with Crippen LogP contribution in [0.4, 0.5) is 17.6 Å². The first-order chi connectivity index (χ1) is 31.3. The monoisotopic (exact) mass is 911 g/mol. The average molecular weight is 912 g/mol. The average Bonchev–Trinajstić information content (AvgIpc) is 3.30. The van der Waals surface area contributed by atoms with Crippen molar-refractivity contribution in [3.05, 3.63) is 141 Å². The lowest BCUT2D eigenvalue weighted by molar-refractivity contribution is -0.0831. The molecule has 1 heterocycles. The number of ether oxygens (including phenoxy) is 2. The third kappa shape index (κ3) is 19.2. The molecule has 1 aromatic heterocycles. The van der Waals surface area contributed by atoms with E-state index in [0.29, 0.717) is 66.9 Å². The van der Waals surface area contributed by atoms with Gasteiger partial charge < -0.3 is 50.6 Å². The molecule has 0 fully saturated rings. The number of aromatic nitrogens is 1. The minimum Gasteiger partial charge on any atom is -0.508 e. The first-order valence-electron chi connectivity index (χ1n) is 22.4. The number of aryl methyl sites for hydroxylation is 1. The van der Waals surface area contributed by atoms with Gasteiger partial charge in [-0.15, -0.1) is 0 Å². The number of fused-ring (bicyclic) bond motifs is 1. The fraction of sp³-hybridized carbons (Fsp3) is 0.460. The lowest BCUT2D eigenvalue weighted by Crippen LogP contribution is -2.25. The third-order valence-corrected chi connectivity index (χ3v) is 10.8. The number of unbranched alkanes of at least 4 members (excludes halogenated alkanes) is 4. The molecule has 0 saturated carbocycles. The number of aromatic hydroxyl groups is 2. The summed E-state index contributed by atoms with van der Waals surface area (Å²) in [6.45, 7) is 1.50. The molecule has 15 heteroatoms. The Balaban J connectivity index is 0.000000285. The van der Waals surface area contributed by atoms with Crippen molar-refractivity contribution in [2.24, 2.45) is 0 Å². The highest BCUT2D eigenvalue weighted by Crippen LogP contribution is 2.30. The van der Waals surface area contributed by atoms with Crippen LogP contribution in [0.25, 0.3) is 10.9 Å². The van der Waals surface area contributed by atoms with Crippen molar-refractivity contribution >= 4 is 10.9 Å².